The van der Waals surface area contributed by atoms with Crippen molar-refractivity contribution < 1.29 is 0 Å². The Morgan fingerprint density at radius 2 is 2.12 bits per heavy atom. The van der Waals surface area contributed by atoms with Gasteiger partial charge in [0.15, 0.2) is 4.77 Å². The molecule has 3 heteroatoms. The molecule has 1 aliphatic rings. The van der Waals surface area contributed by atoms with Crippen LogP contribution >= 0.6 is 12.2 Å². The molecule has 0 bridgehead atoms. The zero-order valence-corrected chi connectivity index (χ0v) is 12.0. The second-order valence-electron chi connectivity index (χ2n) is 5.57. The van der Waals surface area contributed by atoms with Crippen LogP contribution in [-0.4, -0.2) is 9.55 Å². The summed E-state index contributed by atoms with van der Waals surface area (Å²) >= 11 is 5.47. The highest BCUT2D eigenvalue weighted by molar-refractivity contribution is 7.71. The summed E-state index contributed by atoms with van der Waals surface area (Å²) in [5.41, 5.74) is 1.37. The standard InChI is InChI=1S/C14H24N2S/c1-4-11-9-15-14(17)16(11)13-8-6-5-7-12(13)10(2)3/h9-10,12-13H,4-8H2,1-3H3,(H,15,17). The summed E-state index contributed by atoms with van der Waals surface area (Å²) in [5.74, 6) is 1.54. The van der Waals surface area contributed by atoms with E-state index < -0.39 is 0 Å². The maximum atomic E-state index is 5.47. The quantitative estimate of drug-likeness (QED) is 0.786. The van der Waals surface area contributed by atoms with Gasteiger partial charge >= 0.3 is 0 Å². The van der Waals surface area contributed by atoms with Gasteiger partial charge in [-0.25, -0.2) is 0 Å². The fourth-order valence-electron chi connectivity index (χ4n) is 3.29. The maximum Gasteiger partial charge on any atom is 0.177 e. The molecule has 0 saturated heterocycles. The molecule has 2 nitrogen and oxygen atoms in total. The highest BCUT2D eigenvalue weighted by atomic mass is 32.1. The van der Waals surface area contributed by atoms with Gasteiger partial charge in [-0.2, -0.15) is 0 Å². The van der Waals surface area contributed by atoms with Gasteiger partial charge in [-0.05, 0) is 43.3 Å². The lowest BCUT2D eigenvalue weighted by Gasteiger charge is -2.36. The average Bonchev–Trinajstić information content (AvgIpc) is 2.70. The van der Waals surface area contributed by atoms with Crippen LogP contribution in [-0.2, 0) is 6.42 Å². The van der Waals surface area contributed by atoms with Crippen LogP contribution in [0.1, 0.15) is 58.2 Å². The Hall–Kier alpha value is -0.570. The van der Waals surface area contributed by atoms with Gasteiger partial charge in [0.05, 0.1) is 0 Å². The normalized spacial score (nSPS) is 25.4. The Labute approximate surface area is 109 Å². The van der Waals surface area contributed by atoms with E-state index in [1.807, 2.05) is 0 Å². The Morgan fingerprint density at radius 3 is 2.76 bits per heavy atom. The van der Waals surface area contributed by atoms with Crippen molar-refractivity contribution in [2.45, 2.75) is 58.9 Å². The van der Waals surface area contributed by atoms with Gasteiger partial charge in [-0.15, -0.1) is 0 Å². The van der Waals surface area contributed by atoms with Crippen LogP contribution in [0.15, 0.2) is 6.20 Å². The molecule has 1 N–H and O–H groups in total. The van der Waals surface area contributed by atoms with Gasteiger partial charge in [-0.3, -0.25) is 0 Å². The number of hydrogen-bond donors (Lipinski definition) is 1. The number of imidazole rings is 1. The predicted molar refractivity (Wildman–Crippen MR) is 74.8 cm³/mol. The molecule has 1 saturated carbocycles. The first-order chi connectivity index (χ1) is 8.15. The van der Waals surface area contributed by atoms with E-state index in [2.05, 4.69) is 36.5 Å². The zero-order valence-electron chi connectivity index (χ0n) is 11.2. The molecule has 17 heavy (non-hydrogen) atoms. The van der Waals surface area contributed by atoms with E-state index in [1.165, 1.54) is 31.4 Å². The summed E-state index contributed by atoms with van der Waals surface area (Å²) in [6.07, 6.45) is 8.55. The van der Waals surface area contributed by atoms with E-state index in [-0.39, 0.29) is 0 Å². The highest BCUT2D eigenvalue weighted by Crippen LogP contribution is 2.39. The molecule has 1 aromatic rings. The minimum atomic E-state index is 0.623. The van der Waals surface area contributed by atoms with Crippen molar-refractivity contribution >= 4 is 12.2 Å². The summed E-state index contributed by atoms with van der Waals surface area (Å²) in [5, 5.41) is 0. The van der Waals surface area contributed by atoms with Gasteiger partial charge < -0.3 is 9.55 Å². The maximum absolute atomic E-state index is 5.47. The molecule has 0 spiro atoms. The summed E-state index contributed by atoms with van der Waals surface area (Å²) in [6, 6.07) is 0.623. The molecule has 0 amide bonds. The van der Waals surface area contributed by atoms with Crippen molar-refractivity contribution in [2.75, 3.05) is 0 Å². The monoisotopic (exact) mass is 252 g/mol. The Kier molecular flexibility index (Phi) is 4.08. The molecular weight excluding hydrogens is 228 g/mol. The lowest BCUT2D eigenvalue weighted by molar-refractivity contribution is 0.180. The Morgan fingerprint density at radius 1 is 1.41 bits per heavy atom. The number of aryl methyl sites for hydroxylation is 1. The third-order valence-electron chi connectivity index (χ3n) is 4.22. The number of aromatic amines is 1. The van der Waals surface area contributed by atoms with Crippen LogP contribution in [0.2, 0.25) is 0 Å². The molecule has 0 aliphatic heterocycles. The van der Waals surface area contributed by atoms with Gasteiger partial charge in [0, 0.05) is 17.9 Å². The first kappa shape index (κ1) is 12.9. The summed E-state index contributed by atoms with van der Waals surface area (Å²) in [4.78, 5) is 3.22. The van der Waals surface area contributed by atoms with Crippen molar-refractivity contribution in [3.8, 4) is 0 Å². The number of hydrogen-bond acceptors (Lipinski definition) is 1. The summed E-state index contributed by atoms with van der Waals surface area (Å²) in [7, 11) is 0. The van der Waals surface area contributed by atoms with Crippen molar-refractivity contribution in [3.63, 3.8) is 0 Å². The molecule has 96 valence electrons. The van der Waals surface area contributed by atoms with Crippen molar-refractivity contribution in [3.05, 3.63) is 16.7 Å². The molecule has 0 aromatic carbocycles. The fourth-order valence-corrected chi connectivity index (χ4v) is 3.60. The van der Waals surface area contributed by atoms with E-state index >= 15 is 0 Å². The molecule has 2 rings (SSSR count). The van der Waals surface area contributed by atoms with Crippen LogP contribution in [0, 0.1) is 16.6 Å². The van der Waals surface area contributed by atoms with E-state index in [0.717, 1.165) is 23.0 Å². The first-order valence-electron chi connectivity index (χ1n) is 6.94. The van der Waals surface area contributed by atoms with Gasteiger partial charge in [0.2, 0.25) is 0 Å². The van der Waals surface area contributed by atoms with E-state index in [1.54, 1.807) is 0 Å². The second-order valence-corrected chi connectivity index (χ2v) is 5.96. The topological polar surface area (TPSA) is 20.7 Å². The van der Waals surface area contributed by atoms with Crippen LogP contribution in [0.5, 0.6) is 0 Å². The molecule has 2 atom stereocenters. The summed E-state index contributed by atoms with van der Waals surface area (Å²) in [6.45, 7) is 6.91. The van der Waals surface area contributed by atoms with Crippen LogP contribution in [0.4, 0.5) is 0 Å². The molecule has 0 radical (unpaired) electrons. The molecule has 1 fully saturated rings. The van der Waals surface area contributed by atoms with Crippen molar-refractivity contribution in [2.24, 2.45) is 11.8 Å². The first-order valence-corrected chi connectivity index (χ1v) is 7.34. The second kappa shape index (κ2) is 5.38. The van der Waals surface area contributed by atoms with Gasteiger partial charge in [-0.1, -0.05) is 33.6 Å². The number of H-pyrrole nitrogens is 1. The SMILES string of the molecule is CCc1c[nH]c(=S)n1C1CCCCC1C(C)C. The molecule has 1 aliphatic carbocycles. The third-order valence-corrected chi connectivity index (χ3v) is 4.54. The fraction of sp³-hybridized carbons (Fsp3) is 0.786. The largest absolute Gasteiger partial charge is 0.337 e. The van der Waals surface area contributed by atoms with Gasteiger partial charge in [0.25, 0.3) is 0 Å². The zero-order chi connectivity index (χ0) is 12.4. The lowest BCUT2D eigenvalue weighted by Crippen LogP contribution is -2.28. The Bertz CT molecular complexity index is 416. The smallest absolute Gasteiger partial charge is 0.177 e. The highest BCUT2D eigenvalue weighted by Gasteiger charge is 2.30. The number of nitrogens with zero attached hydrogens (tertiary/aromatic N) is 1. The van der Waals surface area contributed by atoms with E-state index in [4.69, 9.17) is 12.2 Å². The van der Waals surface area contributed by atoms with Crippen molar-refractivity contribution in [1.82, 2.24) is 9.55 Å². The summed E-state index contributed by atoms with van der Waals surface area (Å²) < 4.78 is 3.32. The minimum absolute atomic E-state index is 0.623. The molecular formula is C14H24N2S. The van der Waals surface area contributed by atoms with Crippen LogP contribution in [0.3, 0.4) is 0 Å². The Balaban J connectivity index is 2.35. The predicted octanol–water partition coefficient (Wildman–Crippen LogP) is 4.50. The van der Waals surface area contributed by atoms with E-state index in [9.17, 15) is 0 Å². The number of nitrogens with one attached hydrogen (secondary N) is 1. The van der Waals surface area contributed by atoms with Crippen LogP contribution in [0.25, 0.3) is 0 Å². The molecule has 1 heterocycles. The van der Waals surface area contributed by atoms with E-state index in [0.29, 0.717) is 6.04 Å². The molecule has 2 unspecified atom stereocenters. The minimum Gasteiger partial charge on any atom is -0.337 e. The van der Waals surface area contributed by atoms with Crippen LogP contribution < -0.4 is 0 Å². The lowest BCUT2D eigenvalue weighted by atomic mass is 9.77. The average molecular weight is 252 g/mol. The molecule has 1 aromatic heterocycles. The van der Waals surface area contributed by atoms with Gasteiger partial charge in [0.1, 0.15) is 0 Å². The number of aromatic nitrogens is 2. The van der Waals surface area contributed by atoms with Crippen molar-refractivity contribution in [1.29, 1.82) is 0 Å². The third kappa shape index (κ3) is 2.49. The number of rotatable bonds is 3.